The summed E-state index contributed by atoms with van der Waals surface area (Å²) in [6.45, 7) is 6.40. The van der Waals surface area contributed by atoms with E-state index in [0.29, 0.717) is 29.5 Å². The number of anilines is 1. The number of likely N-dealkylation sites (N-methyl/N-ethyl adjacent to an activating group) is 1. The molecule has 0 atom stereocenters. The zero-order valence-corrected chi connectivity index (χ0v) is 18.1. The van der Waals surface area contributed by atoms with Crippen LogP contribution in [-0.2, 0) is 11.3 Å². The molecule has 3 aromatic rings. The van der Waals surface area contributed by atoms with Crippen molar-refractivity contribution in [1.29, 1.82) is 0 Å². The average molecular weight is 412 g/mol. The summed E-state index contributed by atoms with van der Waals surface area (Å²) in [6, 6.07) is 7.47. The molecule has 1 aromatic carbocycles. The number of aryl methyl sites for hydroxylation is 3. The molecule has 3 rings (SSSR count). The van der Waals surface area contributed by atoms with Crippen molar-refractivity contribution in [3.63, 3.8) is 0 Å². The highest BCUT2D eigenvalue weighted by atomic mass is 32.1. The second kappa shape index (κ2) is 8.67. The minimum absolute atomic E-state index is 0.0798. The summed E-state index contributed by atoms with van der Waals surface area (Å²) >= 11 is 1.39. The van der Waals surface area contributed by atoms with Crippen LogP contribution in [0.2, 0.25) is 0 Å². The molecule has 29 heavy (non-hydrogen) atoms. The van der Waals surface area contributed by atoms with Crippen molar-refractivity contribution in [2.45, 2.75) is 27.3 Å². The van der Waals surface area contributed by atoms with E-state index in [4.69, 9.17) is 0 Å². The number of fused-ring (bicyclic) bond motifs is 1. The molecule has 2 N–H and O–H groups in total. The van der Waals surface area contributed by atoms with Gasteiger partial charge in [0.2, 0.25) is 5.91 Å². The van der Waals surface area contributed by atoms with Gasteiger partial charge in [0.25, 0.3) is 5.91 Å². The number of nitrogens with zero attached hydrogens (tertiary/aromatic N) is 3. The molecule has 0 unspecified atom stereocenters. The summed E-state index contributed by atoms with van der Waals surface area (Å²) in [5.41, 5.74) is 3.42. The molecular formula is C21H25N5O2S. The predicted molar refractivity (Wildman–Crippen MR) is 116 cm³/mol. The van der Waals surface area contributed by atoms with Gasteiger partial charge in [0.15, 0.2) is 0 Å². The van der Waals surface area contributed by atoms with Gasteiger partial charge in [0, 0.05) is 23.3 Å². The van der Waals surface area contributed by atoms with Crippen molar-refractivity contribution in [3.05, 3.63) is 51.8 Å². The largest absolute Gasteiger partial charge is 0.347 e. The number of thiophene rings is 1. The van der Waals surface area contributed by atoms with Gasteiger partial charge in [-0.05, 0) is 58.1 Å². The van der Waals surface area contributed by atoms with Crippen LogP contribution in [-0.4, -0.2) is 47.3 Å². The van der Waals surface area contributed by atoms with Crippen LogP contribution in [0.3, 0.4) is 0 Å². The van der Waals surface area contributed by atoms with Crippen LogP contribution >= 0.6 is 11.3 Å². The normalized spacial score (nSPS) is 11.1. The molecule has 0 saturated carbocycles. The maximum Gasteiger partial charge on any atom is 0.261 e. The molecule has 0 bridgehead atoms. The van der Waals surface area contributed by atoms with Crippen LogP contribution < -0.4 is 10.6 Å². The first-order valence-corrected chi connectivity index (χ1v) is 10.1. The third-order valence-electron chi connectivity index (χ3n) is 4.41. The van der Waals surface area contributed by atoms with E-state index < -0.39 is 0 Å². The molecule has 152 valence electrons. The Bertz CT molecular complexity index is 1070. The Morgan fingerprint density at radius 1 is 1.14 bits per heavy atom. The SMILES string of the molecule is Cc1nc(C)c2c(C)c(C(=O)NCc3cccc(NC(=O)CN(C)C)c3)sc2n1. The van der Waals surface area contributed by atoms with Crippen molar-refractivity contribution in [2.24, 2.45) is 0 Å². The summed E-state index contributed by atoms with van der Waals surface area (Å²) < 4.78 is 0. The summed E-state index contributed by atoms with van der Waals surface area (Å²) in [5, 5.41) is 6.79. The van der Waals surface area contributed by atoms with Gasteiger partial charge < -0.3 is 15.5 Å². The second-order valence-corrected chi connectivity index (χ2v) is 8.26. The zero-order valence-electron chi connectivity index (χ0n) is 17.3. The quantitative estimate of drug-likeness (QED) is 0.651. The summed E-state index contributed by atoms with van der Waals surface area (Å²) in [4.78, 5) is 36.9. The molecule has 8 heteroatoms. The Hall–Kier alpha value is -2.84. The molecule has 0 aliphatic carbocycles. The lowest BCUT2D eigenvalue weighted by molar-refractivity contribution is -0.116. The summed E-state index contributed by atoms with van der Waals surface area (Å²) in [7, 11) is 3.69. The molecule has 0 aliphatic heterocycles. The molecule has 2 amide bonds. The van der Waals surface area contributed by atoms with E-state index in [1.807, 2.05) is 59.1 Å². The molecule has 0 saturated heterocycles. The fourth-order valence-corrected chi connectivity index (χ4v) is 4.39. The molecule has 0 fully saturated rings. The molecule has 0 aliphatic rings. The predicted octanol–water partition coefficient (Wildman–Crippen LogP) is 3.05. The molecular weight excluding hydrogens is 386 g/mol. The Morgan fingerprint density at radius 3 is 2.62 bits per heavy atom. The Kier molecular flexibility index (Phi) is 6.24. The second-order valence-electron chi connectivity index (χ2n) is 7.26. The molecule has 2 heterocycles. The number of aromatic nitrogens is 2. The van der Waals surface area contributed by atoms with Crippen LogP contribution in [0.15, 0.2) is 24.3 Å². The van der Waals surface area contributed by atoms with Gasteiger partial charge in [-0.25, -0.2) is 9.97 Å². The van der Waals surface area contributed by atoms with Crippen molar-refractivity contribution in [2.75, 3.05) is 26.0 Å². The number of amides is 2. The van der Waals surface area contributed by atoms with Crippen LogP contribution in [0.5, 0.6) is 0 Å². The number of carbonyl (C=O) groups excluding carboxylic acids is 2. The van der Waals surface area contributed by atoms with E-state index >= 15 is 0 Å². The number of benzene rings is 1. The minimum atomic E-state index is -0.135. The van der Waals surface area contributed by atoms with Crippen LogP contribution in [0.4, 0.5) is 5.69 Å². The van der Waals surface area contributed by atoms with Gasteiger partial charge in [0.05, 0.1) is 11.4 Å². The minimum Gasteiger partial charge on any atom is -0.347 e. The zero-order chi connectivity index (χ0) is 21.1. The lowest BCUT2D eigenvalue weighted by Gasteiger charge is -2.11. The standard InChI is InChI=1S/C21H25N5O2S/c1-12-18-13(2)23-14(3)24-21(18)29-19(12)20(28)22-10-15-7-6-8-16(9-15)25-17(27)11-26(4)5/h6-9H,10-11H2,1-5H3,(H,22,28)(H,25,27). The molecule has 7 nitrogen and oxygen atoms in total. The van der Waals surface area contributed by atoms with Crippen molar-refractivity contribution < 1.29 is 9.59 Å². The topological polar surface area (TPSA) is 87.2 Å². The smallest absolute Gasteiger partial charge is 0.261 e. The van der Waals surface area contributed by atoms with Crippen molar-refractivity contribution in [3.8, 4) is 0 Å². The highest BCUT2D eigenvalue weighted by Crippen LogP contribution is 2.31. The number of hydrogen-bond donors (Lipinski definition) is 2. The van der Waals surface area contributed by atoms with Gasteiger partial charge in [-0.3, -0.25) is 9.59 Å². The van der Waals surface area contributed by atoms with Gasteiger partial charge in [-0.1, -0.05) is 12.1 Å². The van der Waals surface area contributed by atoms with Gasteiger partial charge in [0.1, 0.15) is 10.7 Å². The number of carbonyl (C=O) groups is 2. The molecule has 0 radical (unpaired) electrons. The number of hydrogen-bond acceptors (Lipinski definition) is 6. The third-order valence-corrected chi connectivity index (χ3v) is 5.60. The Balaban J connectivity index is 1.71. The van der Waals surface area contributed by atoms with E-state index in [9.17, 15) is 9.59 Å². The lowest BCUT2D eigenvalue weighted by Crippen LogP contribution is -2.27. The Labute approximate surface area is 174 Å². The van der Waals surface area contributed by atoms with E-state index in [1.165, 1.54) is 11.3 Å². The number of rotatable bonds is 6. The van der Waals surface area contributed by atoms with Gasteiger partial charge in [-0.2, -0.15) is 0 Å². The average Bonchev–Trinajstić information content (AvgIpc) is 2.96. The highest BCUT2D eigenvalue weighted by Gasteiger charge is 2.18. The summed E-state index contributed by atoms with van der Waals surface area (Å²) in [6.07, 6.45) is 0. The van der Waals surface area contributed by atoms with Crippen LogP contribution in [0.25, 0.3) is 10.2 Å². The first kappa shape index (κ1) is 20.9. The van der Waals surface area contributed by atoms with E-state index in [2.05, 4.69) is 20.6 Å². The Morgan fingerprint density at radius 2 is 1.90 bits per heavy atom. The first-order valence-electron chi connectivity index (χ1n) is 9.30. The fraction of sp³-hybridized carbons (Fsp3) is 0.333. The van der Waals surface area contributed by atoms with E-state index in [-0.39, 0.29) is 11.8 Å². The maximum atomic E-state index is 12.8. The van der Waals surface area contributed by atoms with Crippen molar-refractivity contribution >= 4 is 39.1 Å². The third kappa shape index (κ3) is 4.96. The number of nitrogens with one attached hydrogen (secondary N) is 2. The lowest BCUT2D eigenvalue weighted by atomic mass is 10.1. The molecule has 0 spiro atoms. The first-order chi connectivity index (χ1) is 13.7. The van der Waals surface area contributed by atoms with Crippen LogP contribution in [0, 0.1) is 20.8 Å². The van der Waals surface area contributed by atoms with E-state index in [0.717, 1.165) is 27.0 Å². The van der Waals surface area contributed by atoms with Gasteiger partial charge in [-0.15, -0.1) is 11.3 Å². The maximum absolute atomic E-state index is 12.8. The fourth-order valence-electron chi connectivity index (χ4n) is 3.20. The summed E-state index contributed by atoms with van der Waals surface area (Å²) in [5.74, 6) is 0.491. The van der Waals surface area contributed by atoms with E-state index in [1.54, 1.807) is 4.90 Å². The monoisotopic (exact) mass is 411 g/mol. The molecule has 2 aromatic heterocycles. The highest BCUT2D eigenvalue weighted by molar-refractivity contribution is 7.20. The van der Waals surface area contributed by atoms with Gasteiger partial charge >= 0.3 is 0 Å². The van der Waals surface area contributed by atoms with Crippen LogP contribution in [0.1, 0.15) is 32.3 Å². The van der Waals surface area contributed by atoms with Crippen molar-refractivity contribution in [1.82, 2.24) is 20.2 Å².